The summed E-state index contributed by atoms with van der Waals surface area (Å²) in [5.41, 5.74) is 1.71. The van der Waals surface area contributed by atoms with Gasteiger partial charge in [-0.25, -0.2) is 9.69 Å². The van der Waals surface area contributed by atoms with Crippen LogP contribution in [-0.2, 0) is 41.4 Å². The molecule has 1 saturated heterocycles. The van der Waals surface area contributed by atoms with E-state index in [1.807, 2.05) is 60.7 Å². The normalized spacial score (nSPS) is 23.0. The molecule has 2 N–H and O–H groups in total. The first-order valence-corrected chi connectivity index (χ1v) is 14.8. The highest BCUT2D eigenvalue weighted by Crippen LogP contribution is 2.38. The third-order valence-corrected chi connectivity index (χ3v) is 8.00. The fraction of sp³-hybridized carbons (Fsp3) is 0.452. The number of rotatable bonds is 15. The van der Waals surface area contributed by atoms with Gasteiger partial charge < -0.3 is 29.2 Å². The minimum Gasteiger partial charge on any atom is -0.447 e. The van der Waals surface area contributed by atoms with E-state index in [9.17, 15) is 19.5 Å². The van der Waals surface area contributed by atoms with E-state index < -0.39 is 41.6 Å². The predicted octanol–water partition coefficient (Wildman–Crippen LogP) is 3.18. The standard InChI is InChI=1S/C31H36BrNO9/c32-27-20-26(35)28(42-31(27,38)12-7-14-39-16-17-40-15-13-34)25(19-23-10-5-2-6-11-23)29(36)33-24(21-41-30(33)37)18-22-8-3-1-4-9-22/h1-6,8-11,20,24-25,28,34,38H,7,12-19,21H2/t24-,25-,28-,31+/m1/s1. The minimum atomic E-state index is -1.88. The average molecular weight is 647 g/mol. The van der Waals surface area contributed by atoms with Crippen LogP contribution in [0.15, 0.2) is 71.2 Å². The van der Waals surface area contributed by atoms with Gasteiger partial charge >= 0.3 is 6.09 Å². The Morgan fingerprint density at radius 3 is 2.31 bits per heavy atom. The van der Waals surface area contributed by atoms with Crippen molar-refractivity contribution in [2.45, 2.75) is 43.6 Å². The number of ketones is 1. The lowest BCUT2D eigenvalue weighted by Crippen LogP contribution is -2.53. The number of aliphatic hydroxyl groups excluding tert-OH is 1. The molecule has 0 aliphatic carbocycles. The highest BCUT2D eigenvalue weighted by Gasteiger charge is 2.49. The Labute approximate surface area is 253 Å². The number of carbonyl (C=O) groups excluding carboxylic acids is 3. The van der Waals surface area contributed by atoms with E-state index in [1.54, 1.807) is 0 Å². The highest BCUT2D eigenvalue weighted by atomic mass is 79.9. The summed E-state index contributed by atoms with van der Waals surface area (Å²) in [6.45, 7) is 1.15. The maximum absolute atomic E-state index is 14.1. The average Bonchev–Trinajstić information content (AvgIpc) is 3.35. The lowest BCUT2D eigenvalue weighted by atomic mass is 9.87. The largest absolute Gasteiger partial charge is 0.447 e. The summed E-state index contributed by atoms with van der Waals surface area (Å²) in [6, 6.07) is 18.1. The van der Waals surface area contributed by atoms with Crippen molar-refractivity contribution in [3.63, 3.8) is 0 Å². The first-order chi connectivity index (χ1) is 20.3. The number of imide groups is 1. The monoisotopic (exact) mass is 645 g/mol. The van der Waals surface area contributed by atoms with Crippen LogP contribution in [0.1, 0.15) is 24.0 Å². The summed E-state index contributed by atoms with van der Waals surface area (Å²) in [5, 5.41) is 20.2. The molecule has 2 aromatic carbocycles. The number of aliphatic hydroxyl groups is 2. The van der Waals surface area contributed by atoms with Gasteiger partial charge in [-0.05, 0) is 52.4 Å². The second-order valence-corrected chi connectivity index (χ2v) is 11.0. The Morgan fingerprint density at radius 1 is 1.00 bits per heavy atom. The zero-order valence-electron chi connectivity index (χ0n) is 23.2. The van der Waals surface area contributed by atoms with Crippen molar-refractivity contribution in [3.8, 4) is 0 Å². The Bertz CT molecular complexity index is 1230. The molecule has 0 aromatic heterocycles. The fourth-order valence-electron chi connectivity index (χ4n) is 5.04. The molecule has 2 aliphatic heterocycles. The summed E-state index contributed by atoms with van der Waals surface area (Å²) < 4.78 is 22.2. The molecule has 2 amide bonds. The van der Waals surface area contributed by atoms with Crippen LogP contribution in [0.3, 0.4) is 0 Å². The number of ether oxygens (including phenoxy) is 4. The molecule has 42 heavy (non-hydrogen) atoms. The Morgan fingerprint density at radius 2 is 1.64 bits per heavy atom. The molecule has 4 atom stereocenters. The van der Waals surface area contributed by atoms with Gasteiger partial charge in [-0.3, -0.25) is 9.59 Å². The lowest BCUT2D eigenvalue weighted by molar-refractivity contribution is -0.218. The summed E-state index contributed by atoms with van der Waals surface area (Å²) >= 11 is 3.28. The van der Waals surface area contributed by atoms with E-state index in [0.29, 0.717) is 32.7 Å². The Kier molecular flexibility index (Phi) is 11.8. The van der Waals surface area contributed by atoms with E-state index in [2.05, 4.69) is 15.9 Å². The molecular weight excluding hydrogens is 610 g/mol. The zero-order valence-corrected chi connectivity index (χ0v) is 24.8. The molecule has 0 unspecified atom stereocenters. The number of carbonyl (C=O) groups is 3. The first-order valence-electron chi connectivity index (χ1n) is 14.0. The van der Waals surface area contributed by atoms with Crippen LogP contribution in [0.2, 0.25) is 0 Å². The van der Waals surface area contributed by atoms with E-state index in [1.165, 1.54) is 6.08 Å². The van der Waals surface area contributed by atoms with Crippen molar-refractivity contribution in [1.29, 1.82) is 0 Å². The third kappa shape index (κ3) is 8.33. The SMILES string of the molecule is O=C1C=C(Br)[C@](O)(CCCOCCOCCO)O[C@@H]1[C@@H](Cc1ccccc1)C(=O)N1C(=O)OC[C@H]1Cc1ccccc1. The summed E-state index contributed by atoms with van der Waals surface area (Å²) in [6.07, 6.45) is 0.103. The van der Waals surface area contributed by atoms with Crippen LogP contribution in [0.25, 0.3) is 0 Å². The summed E-state index contributed by atoms with van der Waals surface area (Å²) in [7, 11) is 0. The third-order valence-electron chi connectivity index (χ3n) is 7.15. The minimum absolute atomic E-state index is 0.0391. The number of hydrogen-bond donors (Lipinski definition) is 2. The van der Waals surface area contributed by atoms with E-state index in [0.717, 1.165) is 16.0 Å². The van der Waals surface area contributed by atoms with E-state index in [-0.39, 0.29) is 37.1 Å². The van der Waals surface area contributed by atoms with Gasteiger partial charge in [0, 0.05) is 13.0 Å². The van der Waals surface area contributed by atoms with Crippen molar-refractivity contribution in [3.05, 3.63) is 82.3 Å². The predicted molar refractivity (Wildman–Crippen MR) is 156 cm³/mol. The van der Waals surface area contributed by atoms with Crippen LogP contribution in [0, 0.1) is 5.92 Å². The Balaban J connectivity index is 1.52. The van der Waals surface area contributed by atoms with Crippen molar-refractivity contribution in [1.82, 2.24) is 4.90 Å². The summed E-state index contributed by atoms with van der Waals surface area (Å²) in [4.78, 5) is 41.4. The van der Waals surface area contributed by atoms with E-state index in [4.69, 9.17) is 24.1 Å². The molecule has 226 valence electrons. The van der Waals surface area contributed by atoms with E-state index >= 15 is 0 Å². The molecule has 11 heteroatoms. The van der Waals surface area contributed by atoms with Crippen LogP contribution in [0.5, 0.6) is 0 Å². The zero-order chi connectivity index (χ0) is 30.0. The fourth-order valence-corrected chi connectivity index (χ4v) is 5.56. The number of amides is 2. The number of halogens is 1. The quantitative estimate of drug-likeness (QED) is 0.280. The van der Waals surface area contributed by atoms with Crippen LogP contribution >= 0.6 is 15.9 Å². The van der Waals surface area contributed by atoms with Gasteiger partial charge in [0.25, 0.3) is 0 Å². The van der Waals surface area contributed by atoms with Gasteiger partial charge in [-0.1, -0.05) is 60.7 Å². The molecule has 0 bridgehead atoms. The van der Waals surface area contributed by atoms with Gasteiger partial charge in [-0.15, -0.1) is 0 Å². The molecule has 4 rings (SSSR count). The maximum atomic E-state index is 14.1. The lowest BCUT2D eigenvalue weighted by Gasteiger charge is -2.38. The van der Waals surface area contributed by atoms with Gasteiger partial charge in [0.05, 0.1) is 42.9 Å². The molecule has 0 spiro atoms. The first kappa shape index (κ1) is 32.0. The maximum Gasteiger partial charge on any atom is 0.416 e. The smallest absolute Gasteiger partial charge is 0.416 e. The highest BCUT2D eigenvalue weighted by molar-refractivity contribution is 9.11. The Hall–Kier alpha value is -2.93. The van der Waals surface area contributed by atoms with Crippen molar-refractivity contribution < 1.29 is 43.5 Å². The van der Waals surface area contributed by atoms with Crippen LogP contribution in [0.4, 0.5) is 4.79 Å². The number of nitrogens with zero attached hydrogens (tertiary/aromatic N) is 1. The summed E-state index contributed by atoms with van der Waals surface area (Å²) in [5.74, 6) is -4.07. The van der Waals surface area contributed by atoms with Gasteiger partial charge in [0.2, 0.25) is 5.91 Å². The second-order valence-electron chi connectivity index (χ2n) is 10.2. The van der Waals surface area contributed by atoms with Gasteiger partial charge in [0.15, 0.2) is 11.6 Å². The molecule has 2 aromatic rings. The second kappa shape index (κ2) is 15.5. The van der Waals surface area contributed by atoms with Gasteiger partial charge in [-0.2, -0.15) is 0 Å². The topological polar surface area (TPSA) is 132 Å². The van der Waals surface area contributed by atoms with Crippen LogP contribution < -0.4 is 0 Å². The molecule has 2 aliphatic rings. The number of hydrogen-bond acceptors (Lipinski definition) is 9. The molecule has 1 fully saturated rings. The molecule has 2 heterocycles. The molecular formula is C31H36BrNO9. The molecule has 0 saturated carbocycles. The number of benzene rings is 2. The molecule has 10 nitrogen and oxygen atoms in total. The van der Waals surface area contributed by atoms with Gasteiger partial charge in [0.1, 0.15) is 12.7 Å². The molecule has 0 radical (unpaired) electrons. The van der Waals surface area contributed by atoms with Crippen molar-refractivity contribution >= 4 is 33.7 Å². The van der Waals surface area contributed by atoms with Crippen molar-refractivity contribution in [2.75, 3.05) is 39.6 Å². The van der Waals surface area contributed by atoms with Crippen LogP contribution in [-0.4, -0.2) is 90.5 Å². The number of cyclic esters (lactones) is 1. The van der Waals surface area contributed by atoms with Crippen molar-refractivity contribution in [2.24, 2.45) is 5.92 Å².